The van der Waals surface area contributed by atoms with Gasteiger partial charge in [0.1, 0.15) is 6.10 Å². The van der Waals surface area contributed by atoms with Crippen LogP contribution < -0.4 is 0 Å². The molecule has 16 heavy (non-hydrogen) atoms. The van der Waals surface area contributed by atoms with Crippen LogP contribution in [0.15, 0.2) is 30.3 Å². The van der Waals surface area contributed by atoms with Crippen molar-refractivity contribution in [1.82, 2.24) is 0 Å². The van der Waals surface area contributed by atoms with Gasteiger partial charge in [0, 0.05) is 0 Å². The molecule has 2 atom stereocenters. The van der Waals surface area contributed by atoms with Crippen LogP contribution in [0, 0.1) is 0 Å². The van der Waals surface area contributed by atoms with E-state index in [-0.39, 0.29) is 6.61 Å². The van der Waals surface area contributed by atoms with Crippen LogP contribution >= 0.6 is 15.9 Å². The molecule has 1 aromatic rings. The first kappa shape index (κ1) is 13.1. The molecule has 88 valence electrons. The highest BCUT2D eigenvalue weighted by Crippen LogP contribution is 2.36. The second kappa shape index (κ2) is 5.41. The number of halogens is 2. The third-order valence-corrected chi connectivity index (χ3v) is 2.76. The van der Waals surface area contributed by atoms with Gasteiger partial charge in [-0.2, -0.15) is 0 Å². The molecule has 0 aromatic heterocycles. The van der Waals surface area contributed by atoms with E-state index in [1.807, 2.05) is 0 Å². The fraction of sp³-hybridized carbons (Fsp3) is 0.364. The van der Waals surface area contributed by atoms with E-state index in [2.05, 4.69) is 20.7 Å². The number of ether oxygens (including phenoxy) is 1. The molecule has 0 fully saturated rings. The summed E-state index contributed by atoms with van der Waals surface area (Å²) >= 11 is 2.56. The Morgan fingerprint density at radius 1 is 1.56 bits per heavy atom. The van der Waals surface area contributed by atoms with Crippen molar-refractivity contribution in [3.63, 3.8) is 0 Å². The van der Waals surface area contributed by atoms with Gasteiger partial charge in [0.15, 0.2) is 0 Å². The van der Waals surface area contributed by atoms with E-state index in [1.54, 1.807) is 25.1 Å². The van der Waals surface area contributed by atoms with E-state index < -0.39 is 16.7 Å². The number of alkyl halides is 2. The third-order valence-electron chi connectivity index (χ3n) is 2.01. The number of hydrogen-bond acceptors (Lipinski definition) is 3. The molecule has 3 nitrogen and oxygen atoms in total. The molecule has 0 spiro atoms. The first-order valence-electron chi connectivity index (χ1n) is 4.78. The van der Waals surface area contributed by atoms with E-state index in [4.69, 9.17) is 0 Å². The first-order chi connectivity index (χ1) is 7.50. The normalized spacial score (nSPS) is 16.2. The van der Waals surface area contributed by atoms with Crippen molar-refractivity contribution >= 4 is 21.9 Å². The summed E-state index contributed by atoms with van der Waals surface area (Å²) in [5.41, 5.74) is 0.301. The Hall–Kier alpha value is -0.940. The molecule has 0 aliphatic rings. The van der Waals surface area contributed by atoms with Gasteiger partial charge in [0.2, 0.25) is 0 Å². The summed E-state index contributed by atoms with van der Waals surface area (Å²) in [7, 11) is 0. The molecule has 0 heterocycles. The van der Waals surface area contributed by atoms with Gasteiger partial charge in [-0.3, -0.25) is 0 Å². The Balaban J connectivity index is 2.87. The van der Waals surface area contributed by atoms with Crippen molar-refractivity contribution in [2.24, 2.45) is 0 Å². The Morgan fingerprint density at radius 3 is 2.62 bits per heavy atom. The van der Waals surface area contributed by atoms with Gasteiger partial charge in [-0.25, -0.2) is 9.18 Å². The highest BCUT2D eigenvalue weighted by Gasteiger charge is 2.45. The van der Waals surface area contributed by atoms with E-state index in [0.717, 1.165) is 0 Å². The number of carbonyl (C=O) groups is 1. The average molecular weight is 291 g/mol. The maximum absolute atomic E-state index is 13.9. The zero-order chi connectivity index (χ0) is 12.2. The molecule has 0 unspecified atom stereocenters. The maximum Gasteiger partial charge on any atom is 0.358 e. The Labute approximate surface area is 101 Å². The van der Waals surface area contributed by atoms with Crippen LogP contribution in [0.1, 0.15) is 18.6 Å². The minimum atomic E-state index is -2.62. The number of aliphatic hydroxyl groups excluding tert-OH is 1. The zero-order valence-corrected chi connectivity index (χ0v) is 10.3. The van der Waals surface area contributed by atoms with E-state index >= 15 is 0 Å². The second-order valence-electron chi connectivity index (χ2n) is 3.16. The summed E-state index contributed by atoms with van der Waals surface area (Å²) in [5, 5.41) is 9.72. The summed E-state index contributed by atoms with van der Waals surface area (Å²) < 4.78 is 15.9. The van der Waals surface area contributed by atoms with E-state index in [0.29, 0.717) is 5.56 Å². The number of rotatable bonds is 4. The molecule has 1 aromatic carbocycles. The van der Waals surface area contributed by atoms with Crippen molar-refractivity contribution in [3.8, 4) is 0 Å². The number of aliphatic hydroxyl groups is 1. The minimum absolute atomic E-state index is 0.0532. The molecule has 0 aliphatic heterocycles. The lowest BCUT2D eigenvalue weighted by Crippen LogP contribution is -2.35. The lowest BCUT2D eigenvalue weighted by Gasteiger charge is -2.22. The number of esters is 1. The fourth-order valence-electron chi connectivity index (χ4n) is 1.18. The van der Waals surface area contributed by atoms with Gasteiger partial charge in [-0.1, -0.05) is 30.3 Å². The second-order valence-corrected chi connectivity index (χ2v) is 4.31. The monoisotopic (exact) mass is 290 g/mol. The largest absolute Gasteiger partial charge is 0.463 e. The van der Waals surface area contributed by atoms with Gasteiger partial charge >= 0.3 is 5.97 Å². The van der Waals surface area contributed by atoms with Crippen LogP contribution in [0.4, 0.5) is 4.39 Å². The molecule has 0 saturated heterocycles. The minimum Gasteiger partial charge on any atom is -0.463 e. The van der Waals surface area contributed by atoms with Crippen molar-refractivity contribution in [2.45, 2.75) is 17.6 Å². The predicted octanol–water partition coefficient (Wildman–Crippen LogP) is 2.34. The third kappa shape index (κ3) is 2.80. The topological polar surface area (TPSA) is 46.5 Å². The number of hydrogen-bond donors (Lipinski definition) is 1. The van der Waals surface area contributed by atoms with Crippen LogP contribution in [0.2, 0.25) is 0 Å². The Kier molecular flexibility index (Phi) is 4.44. The number of benzene rings is 1. The smallest absolute Gasteiger partial charge is 0.358 e. The summed E-state index contributed by atoms with van der Waals surface area (Å²) in [6.45, 7) is 1.62. The highest BCUT2D eigenvalue weighted by molar-refractivity contribution is 9.10. The van der Waals surface area contributed by atoms with Crippen LogP contribution in [-0.2, 0) is 9.53 Å². The zero-order valence-electron chi connectivity index (χ0n) is 8.69. The Morgan fingerprint density at radius 2 is 2.12 bits per heavy atom. The highest BCUT2D eigenvalue weighted by atomic mass is 79.9. The van der Waals surface area contributed by atoms with E-state index in [1.165, 1.54) is 12.1 Å². The van der Waals surface area contributed by atoms with Crippen LogP contribution in [-0.4, -0.2) is 22.3 Å². The Bertz CT molecular complexity index is 354. The average Bonchev–Trinajstić information content (AvgIpc) is 2.29. The molecule has 1 N–H and O–H groups in total. The summed E-state index contributed by atoms with van der Waals surface area (Å²) in [4.78, 5) is 11.3. The SMILES string of the molecule is CCOC(=O)[C@](F)(Br)[C@H](O)c1ccccc1. The van der Waals surface area contributed by atoms with Gasteiger partial charge in [0.05, 0.1) is 6.61 Å². The predicted molar refractivity (Wildman–Crippen MR) is 60.8 cm³/mol. The fourth-order valence-corrected chi connectivity index (χ4v) is 1.56. The molecule has 0 radical (unpaired) electrons. The summed E-state index contributed by atoms with van der Waals surface area (Å²) in [6, 6.07) is 8.08. The molecule has 1 rings (SSSR count). The van der Waals surface area contributed by atoms with Crippen LogP contribution in [0.5, 0.6) is 0 Å². The van der Waals surface area contributed by atoms with Gasteiger partial charge < -0.3 is 9.84 Å². The van der Waals surface area contributed by atoms with Crippen molar-refractivity contribution in [3.05, 3.63) is 35.9 Å². The maximum atomic E-state index is 13.9. The summed E-state index contributed by atoms with van der Waals surface area (Å²) in [6.07, 6.45) is -1.60. The lowest BCUT2D eigenvalue weighted by molar-refractivity contribution is -0.156. The van der Waals surface area contributed by atoms with Gasteiger partial charge in [0.25, 0.3) is 4.58 Å². The van der Waals surface area contributed by atoms with Gasteiger partial charge in [-0.05, 0) is 28.4 Å². The lowest BCUT2D eigenvalue weighted by atomic mass is 10.1. The first-order valence-corrected chi connectivity index (χ1v) is 5.57. The number of carbonyl (C=O) groups excluding carboxylic acids is 1. The van der Waals surface area contributed by atoms with Crippen molar-refractivity contribution < 1.29 is 19.0 Å². The standard InChI is InChI=1S/C11H12BrFO3/c1-2-16-10(15)11(12,13)9(14)8-6-4-3-5-7-8/h3-7,9,14H,2H2,1H3/t9-,11+/m1/s1. The van der Waals surface area contributed by atoms with Crippen LogP contribution in [0.3, 0.4) is 0 Å². The van der Waals surface area contributed by atoms with Gasteiger partial charge in [-0.15, -0.1) is 0 Å². The molecular formula is C11H12BrFO3. The van der Waals surface area contributed by atoms with E-state index in [9.17, 15) is 14.3 Å². The van der Waals surface area contributed by atoms with Crippen molar-refractivity contribution in [1.29, 1.82) is 0 Å². The molecule has 5 heteroatoms. The molecule has 0 amide bonds. The van der Waals surface area contributed by atoms with Crippen molar-refractivity contribution in [2.75, 3.05) is 6.61 Å². The van der Waals surface area contributed by atoms with Crippen LogP contribution in [0.25, 0.3) is 0 Å². The summed E-state index contributed by atoms with van der Waals surface area (Å²) in [5.74, 6) is -1.13. The molecule has 0 bridgehead atoms. The quantitative estimate of drug-likeness (QED) is 0.684. The molecule has 0 saturated carbocycles. The molecule has 0 aliphatic carbocycles. The molecular weight excluding hydrogens is 279 g/mol.